The summed E-state index contributed by atoms with van der Waals surface area (Å²) in [6.07, 6.45) is 0. The highest BCUT2D eigenvalue weighted by Crippen LogP contribution is 1.89. The first-order chi connectivity index (χ1) is 5.13. The summed E-state index contributed by atoms with van der Waals surface area (Å²) in [6, 6.07) is -1.16. The van der Waals surface area contributed by atoms with Gasteiger partial charge in [-0.1, -0.05) is 6.92 Å². The average Bonchev–Trinajstić information content (AvgIpc) is 1.98. The van der Waals surface area contributed by atoms with Crippen molar-refractivity contribution < 1.29 is 14.7 Å². The largest absolute Gasteiger partial charge is 0.480 e. The van der Waals surface area contributed by atoms with Gasteiger partial charge in [0, 0.05) is 0 Å². The minimum absolute atomic E-state index is 0.274. The van der Waals surface area contributed by atoms with Gasteiger partial charge >= 0.3 is 5.97 Å². The molecule has 0 aromatic rings. The number of carboxylic acids is 1. The van der Waals surface area contributed by atoms with E-state index >= 15 is 0 Å². The summed E-state index contributed by atoms with van der Waals surface area (Å²) in [7, 11) is 0. The molecule has 0 bridgehead atoms. The molecule has 0 aromatic carbocycles. The van der Waals surface area contributed by atoms with Gasteiger partial charge in [0.2, 0.25) is 0 Å². The van der Waals surface area contributed by atoms with Crippen molar-refractivity contribution in [3.05, 3.63) is 0 Å². The molecule has 1 unspecified atom stereocenters. The molecule has 0 rings (SSSR count). The molecular weight excluding hydrogens is 170 g/mol. The van der Waals surface area contributed by atoms with E-state index in [0.717, 1.165) is 0 Å². The zero-order valence-corrected chi connectivity index (χ0v) is 6.89. The Bertz CT molecular complexity index is 160. The number of ketones is 1. The summed E-state index contributed by atoms with van der Waals surface area (Å²) in [6.45, 7) is 2.15. The lowest BCUT2D eigenvalue weighted by molar-refractivity contribution is -0.142. The standard InChI is InChI=1S/C6H10ClNO3/c1-2-8-5(6(10)11)4(9)3-7/h5,8H,2-3H2,1H3,(H,10,11). The monoisotopic (exact) mass is 179 g/mol. The molecule has 0 radical (unpaired) electrons. The van der Waals surface area contributed by atoms with E-state index in [1.165, 1.54) is 0 Å². The third-order valence-corrected chi connectivity index (χ3v) is 1.37. The minimum atomic E-state index is -1.18. The Morgan fingerprint density at radius 2 is 2.18 bits per heavy atom. The average molecular weight is 180 g/mol. The number of carbonyl (C=O) groups is 2. The van der Waals surface area contributed by atoms with Crippen molar-refractivity contribution in [1.29, 1.82) is 0 Å². The molecule has 64 valence electrons. The lowest BCUT2D eigenvalue weighted by Crippen LogP contribution is -2.43. The fourth-order valence-electron chi connectivity index (χ4n) is 0.620. The second kappa shape index (κ2) is 5.09. The van der Waals surface area contributed by atoms with Crippen LogP contribution in [-0.2, 0) is 9.59 Å². The number of carboxylic acid groups (broad SMARTS) is 1. The Morgan fingerprint density at radius 1 is 1.64 bits per heavy atom. The van der Waals surface area contributed by atoms with Crippen LogP contribution >= 0.6 is 11.6 Å². The summed E-state index contributed by atoms with van der Waals surface area (Å²) in [5.41, 5.74) is 0. The van der Waals surface area contributed by atoms with Gasteiger partial charge in [-0.25, -0.2) is 0 Å². The molecule has 5 heteroatoms. The first kappa shape index (κ1) is 10.4. The van der Waals surface area contributed by atoms with E-state index in [-0.39, 0.29) is 5.88 Å². The van der Waals surface area contributed by atoms with Crippen molar-refractivity contribution in [2.24, 2.45) is 0 Å². The van der Waals surface area contributed by atoms with E-state index in [1.54, 1.807) is 6.92 Å². The van der Waals surface area contributed by atoms with Gasteiger partial charge < -0.3 is 5.11 Å². The quantitative estimate of drug-likeness (QED) is 0.455. The second-order valence-electron chi connectivity index (χ2n) is 1.93. The summed E-state index contributed by atoms with van der Waals surface area (Å²) >= 11 is 5.17. The molecule has 0 saturated heterocycles. The number of hydrogen-bond donors (Lipinski definition) is 2. The molecule has 0 aromatic heterocycles. The van der Waals surface area contributed by atoms with Gasteiger partial charge in [0.1, 0.15) is 0 Å². The number of aliphatic carboxylic acids is 1. The van der Waals surface area contributed by atoms with Crippen LogP contribution in [0.4, 0.5) is 0 Å². The molecule has 4 nitrogen and oxygen atoms in total. The fraction of sp³-hybridized carbons (Fsp3) is 0.667. The molecule has 0 aliphatic rings. The highest BCUT2D eigenvalue weighted by molar-refractivity contribution is 6.30. The van der Waals surface area contributed by atoms with Gasteiger partial charge in [0.05, 0.1) is 5.88 Å². The van der Waals surface area contributed by atoms with Crippen LogP contribution in [0.2, 0.25) is 0 Å². The zero-order valence-electron chi connectivity index (χ0n) is 6.13. The molecule has 0 heterocycles. The number of halogens is 1. The molecular formula is C6H10ClNO3. The fourth-order valence-corrected chi connectivity index (χ4v) is 0.774. The Morgan fingerprint density at radius 3 is 2.45 bits per heavy atom. The number of alkyl halides is 1. The van der Waals surface area contributed by atoms with Crippen LogP contribution in [0.15, 0.2) is 0 Å². The van der Waals surface area contributed by atoms with Gasteiger partial charge in [-0.15, -0.1) is 11.6 Å². The number of likely N-dealkylation sites (N-methyl/N-ethyl adjacent to an activating group) is 1. The van der Waals surface area contributed by atoms with Crippen molar-refractivity contribution in [2.45, 2.75) is 13.0 Å². The lowest BCUT2D eigenvalue weighted by Gasteiger charge is -2.08. The molecule has 0 fully saturated rings. The Balaban J connectivity index is 4.09. The van der Waals surface area contributed by atoms with E-state index in [4.69, 9.17) is 16.7 Å². The van der Waals surface area contributed by atoms with Gasteiger partial charge in [-0.3, -0.25) is 14.9 Å². The topological polar surface area (TPSA) is 66.4 Å². The minimum Gasteiger partial charge on any atom is -0.480 e. The van der Waals surface area contributed by atoms with Crippen molar-refractivity contribution in [3.8, 4) is 0 Å². The highest BCUT2D eigenvalue weighted by atomic mass is 35.5. The molecule has 11 heavy (non-hydrogen) atoms. The Labute approximate surface area is 69.5 Å². The van der Waals surface area contributed by atoms with Crippen LogP contribution in [-0.4, -0.2) is 35.3 Å². The number of Topliss-reactive ketones (excluding diaryl/α,β-unsaturated/α-hetero) is 1. The van der Waals surface area contributed by atoms with Crippen LogP contribution < -0.4 is 5.32 Å². The molecule has 0 aliphatic carbocycles. The van der Waals surface area contributed by atoms with Crippen molar-refractivity contribution >= 4 is 23.4 Å². The SMILES string of the molecule is CCNC(C(=O)O)C(=O)CCl. The number of carbonyl (C=O) groups excluding carboxylic acids is 1. The van der Waals surface area contributed by atoms with E-state index in [2.05, 4.69) is 5.32 Å². The maximum atomic E-state index is 10.8. The summed E-state index contributed by atoms with van der Waals surface area (Å²) in [5.74, 6) is -1.97. The number of nitrogens with one attached hydrogen (secondary N) is 1. The van der Waals surface area contributed by atoms with Crippen molar-refractivity contribution in [2.75, 3.05) is 12.4 Å². The molecule has 0 saturated carbocycles. The summed E-state index contributed by atoms with van der Waals surface area (Å²) < 4.78 is 0. The third kappa shape index (κ3) is 3.34. The van der Waals surface area contributed by atoms with E-state index < -0.39 is 17.8 Å². The van der Waals surface area contributed by atoms with Crippen LogP contribution in [0.25, 0.3) is 0 Å². The first-order valence-electron chi connectivity index (χ1n) is 3.18. The van der Waals surface area contributed by atoms with Gasteiger partial charge in [0.15, 0.2) is 11.8 Å². The molecule has 0 spiro atoms. The molecule has 2 N–H and O–H groups in total. The van der Waals surface area contributed by atoms with Crippen LogP contribution in [0.3, 0.4) is 0 Å². The van der Waals surface area contributed by atoms with Crippen LogP contribution in [0.1, 0.15) is 6.92 Å². The smallest absolute Gasteiger partial charge is 0.328 e. The lowest BCUT2D eigenvalue weighted by atomic mass is 10.2. The Hall–Kier alpha value is -0.610. The number of rotatable bonds is 5. The van der Waals surface area contributed by atoms with E-state index in [1.807, 2.05) is 0 Å². The van der Waals surface area contributed by atoms with Gasteiger partial charge in [-0.05, 0) is 6.54 Å². The summed E-state index contributed by atoms with van der Waals surface area (Å²) in [5, 5.41) is 11.0. The van der Waals surface area contributed by atoms with Crippen LogP contribution in [0.5, 0.6) is 0 Å². The van der Waals surface area contributed by atoms with Crippen molar-refractivity contribution in [1.82, 2.24) is 5.32 Å². The zero-order chi connectivity index (χ0) is 8.85. The maximum absolute atomic E-state index is 10.8. The predicted molar refractivity (Wildman–Crippen MR) is 40.8 cm³/mol. The first-order valence-corrected chi connectivity index (χ1v) is 3.71. The third-order valence-electron chi connectivity index (χ3n) is 1.11. The maximum Gasteiger partial charge on any atom is 0.328 e. The van der Waals surface area contributed by atoms with E-state index in [0.29, 0.717) is 6.54 Å². The molecule has 0 amide bonds. The summed E-state index contributed by atoms with van der Waals surface area (Å²) in [4.78, 5) is 21.1. The second-order valence-corrected chi connectivity index (χ2v) is 2.20. The molecule has 0 aliphatic heterocycles. The van der Waals surface area contributed by atoms with Gasteiger partial charge in [0.25, 0.3) is 0 Å². The molecule has 1 atom stereocenters. The van der Waals surface area contributed by atoms with Gasteiger partial charge in [-0.2, -0.15) is 0 Å². The Kier molecular flexibility index (Phi) is 4.81. The van der Waals surface area contributed by atoms with Crippen LogP contribution in [0, 0.1) is 0 Å². The van der Waals surface area contributed by atoms with E-state index in [9.17, 15) is 9.59 Å². The van der Waals surface area contributed by atoms with Crippen molar-refractivity contribution in [3.63, 3.8) is 0 Å². The number of hydrogen-bond acceptors (Lipinski definition) is 3. The predicted octanol–water partition coefficient (Wildman–Crippen LogP) is -0.143. The highest BCUT2D eigenvalue weighted by Gasteiger charge is 2.23. The normalized spacial score (nSPS) is 12.5.